The molecule has 0 N–H and O–H groups in total. The monoisotopic (exact) mass is 262 g/mol. The van der Waals surface area contributed by atoms with E-state index in [4.69, 9.17) is 0 Å². The molecule has 0 aromatic heterocycles. The topological polar surface area (TPSA) is 0 Å². The molecule has 0 aromatic carbocycles. The van der Waals surface area contributed by atoms with Crippen LogP contribution in [0.5, 0.6) is 0 Å². The van der Waals surface area contributed by atoms with Crippen LogP contribution in [0.1, 0.15) is 74.1 Å². The fraction of sp³-hybridized carbons (Fsp3) is 0.895. The van der Waals surface area contributed by atoms with Crippen molar-refractivity contribution in [1.29, 1.82) is 0 Å². The molecular weight excluding hydrogens is 228 g/mol. The number of allylic oxidation sites excluding steroid dienone is 2. The Kier molecular flexibility index (Phi) is 3.69. The van der Waals surface area contributed by atoms with Crippen LogP contribution in [0.4, 0.5) is 0 Å². The molecule has 0 heteroatoms. The van der Waals surface area contributed by atoms with Crippen LogP contribution in [0.25, 0.3) is 0 Å². The lowest BCUT2D eigenvalue weighted by Crippen LogP contribution is -2.52. The van der Waals surface area contributed by atoms with Crippen LogP contribution < -0.4 is 0 Å². The number of fused-ring (bicyclic) bond motifs is 1. The first kappa shape index (κ1) is 15.1. The summed E-state index contributed by atoms with van der Waals surface area (Å²) in [6.07, 6.45) is 10.5. The summed E-state index contributed by atoms with van der Waals surface area (Å²) >= 11 is 0. The zero-order chi connectivity index (χ0) is 14.5. The van der Waals surface area contributed by atoms with Crippen molar-refractivity contribution < 1.29 is 0 Å². The Labute approximate surface area is 121 Å². The maximum atomic E-state index is 2.59. The van der Waals surface area contributed by atoms with Gasteiger partial charge in [0.1, 0.15) is 0 Å². The highest BCUT2D eigenvalue weighted by molar-refractivity contribution is 5.11. The third-order valence-corrected chi connectivity index (χ3v) is 6.01. The lowest BCUT2D eigenvalue weighted by molar-refractivity contribution is -0.0932. The summed E-state index contributed by atoms with van der Waals surface area (Å²) < 4.78 is 0. The summed E-state index contributed by atoms with van der Waals surface area (Å²) in [6.45, 7) is 17.4. The second-order valence-electron chi connectivity index (χ2n) is 9.47. The van der Waals surface area contributed by atoms with E-state index in [9.17, 15) is 0 Å². The first-order chi connectivity index (χ1) is 8.57. The zero-order valence-electron chi connectivity index (χ0n) is 14.2. The minimum Gasteiger partial charge on any atom is -0.0882 e. The van der Waals surface area contributed by atoms with E-state index >= 15 is 0 Å². The van der Waals surface area contributed by atoms with Crippen molar-refractivity contribution in [2.24, 2.45) is 34.0 Å². The predicted octanol–water partition coefficient (Wildman–Crippen LogP) is 6.08. The molecule has 19 heavy (non-hydrogen) atoms. The van der Waals surface area contributed by atoms with E-state index in [1.807, 2.05) is 0 Å². The number of hydrogen-bond acceptors (Lipinski definition) is 0. The average Bonchev–Trinajstić information content (AvgIpc) is 2.23. The second kappa shape index (κ2) is 4.64. The Balaban J connectivity index is 2.44. The molecule has 0 radical (unpaired) electrons. The van der Waals surface area contributed by atoms with Crippen molar-refractivity contribution in [1.82, 2.24) is 0 Å². The first-order valence-electron chi connectivity index (χ1n) is 8.23. The van der Waals surface area contributed by atoms with E-state index in [-0.39, 0.29) is 0 Å². The summed E-state index contributed by atoms with van der Waals surface area (Å²) in [4.78, 5) is 0. The molecule has 0 saturated heterocycles. The van der Waals surface area contributed by atoms with Gasteiger partial charge in [0, 0.05) is 0 Å². The van der Waals surface area contributed by atoms with Crippen LogP contribution in [-0.2, 0) is 0 Å². The minimum absolute atomic E-state index is 0.413. The van der Waals surface area contributed by atoms with Crippen molar-refractivity contribution in [2.45, 2.75) is 74.1 Å². The van der Waals surface area contributed by atoms with Gasteiger partial charge >= 0.3 is 0 Å². The van der Waals surface area contributed by atoms with Gasteiger partial charge in [-0.2, -0.15) is 0 Å². The summed E-state index contributed by atoms with van der Waals surface area (Å²) in [5, 5.41) is 0. The van der Waals surface area contributed by atoms with Crippen LogP contribution in [0.15, 0.2) is 12.2 Å². The standard InChI is InChI=1S/C19H34/c1-17(2,3)15-12-11-14-10-8-9-13-19(14,7)16(15)18(4,5)6/h8,10,14-16H,9,11-13H2,1-7H3/t14-,15?,16?,19+/m1/s1. The predicted molar refractivity (Wildman–Crippen MR) is 85.1 cm³/mol. The Morgan fingerprint density at radius 1 is 0.947 bits per heavy atom. The summed E-state index contributed by atoms with van der Waals surface area (Å²) in [7, 11) is 0. The highest BCUT2D eigenvalue weighted by atomic mass is 14.6. The van der Waals surface area contributed by atoms with E-state index in [1.165, 1.54) is 25.7 Å². The average molecular weight is 262 g/mol. The van der Waals surface area contributed by atoms with E-state index in [2.05, 4.69) is 60.6 Å². The molecule has 2 aliphatic rings. The van der Waals surface area contributed by atoms with Gasteiger partial charge < -0.3 is 0 Å². The maximum absolute atomic E-state index is 2.59. The quantitative estimate of drug-likeness (QED) is 0.464. The Hall–Kier alpha value is -0.260. The van der Waals surface area contributed by atoms with Crippen LogP contribution >= 0.6 is 0 Å². The molecule has 110 valence electrons. The molecule has 4 atom stereocenters. The second-order valence-corrected chi connectivity index (χ2v) is 9.47. The number of rotatable bonds is 0. The van der Waals surface area contributed by atoms with Gasteiger partial charge in [-0.05, 0) is 59.7 Å². The van der Waals surface area contributed by atoms with E-state index in [1.54, 1.807) is 0 Å². The van der Waals surface area contributed by atoms with Gasteiger partial charge in [0.15, 0.2) is 0 Å². The van der Waals surface area contributed by atoms with Crippen molar-refractivity contribution in [2.75, 3.05) is 0 Å². The van der Waals surface area contributed by atoms with E-state index in [0.717, 1.165) is 17.8 Å². The molecule has 2 rings (SSSR count). The van der Waals surface area contributed by atoms with Crippen molar-refractivity contribution in [3.8, 4) is 0 Å². The summed E-state index contributed by atoms with van der Waals surface area (Å²) in [5.41, 5.74) is 1.37. The minimum atomic E-state index is 0.413. The van der Waals surface area contributed by atoms with Gasteiger partial charge in [-0.25, -0.2) is 0 Å². The smallest absolute Gasteiger partial charge is 0.0176 e. The Bertz CT molecular complexity index is 349. The highest BCUT2D eigenvalue weighted by Gasteiger charge is 2.54. The van der Waals surface area contributed by atoms with Gasteiger partial charge in [0.2, 0.25) is 0 Å². The van der Waals surface area contributed by atoms with Crippen molar-refractivity contribution >= 4 is 0 Å². The largest absolute Gasteiger partial charge is 0.0882 e. The van der Waals surface area contributed by atoms with Crippen LogP contribution in [0, 0.1) is 34.0 Å². The van der Waals surface area contributed by atoms with Crippen LogP contribution in [0.2, 0.25) is 0 Å². The number of hydrogen-bond donors (Lipinski definition) is 0. The molecule has 1 fully saturated rings. The van der Waals surface area contributed by atoms with Gasteiger partial charge in [0.05, 0.1) is 0 Å². The third-order valence-electron chi connectivity index (χ3n) is 6.01. The first-order valence-corrected chi connectivity index (χ1v) is 8.23. The SMILES string of the molecule is CC(C)(C)C1CC[C@H]2C=CCC[C@]2(C)C1C(C)(C)C. The van der Waals surface area contributed by atoms with Gasteiger partial charge in [-0.1, -0.05) is 60.6 Å². The molecule has 2 aliphatic carbocycles. The molecule has 0 nitrogen and oxygen atoms in total. The van der Waals surface area contributed by atoms with Gasteiger partial charge in [-0.15, -0.1) is 0 Å². The molecule has 0 aliphatic heterocycles. The maximum Gasteiger partial charge on any atom is -0.0176 e. The summed E-state index contributed by atoms with van der Waals surface area (Å²) in [6, 6.07) is 0. The highest BCUT2D eigenvalue weighted by Crippen LogP contribution is 2.61. The molecule has 2 unspecified atom stereocenters. The fourth-order valence-corrected chi connectivity index (χ4v) is 5.38. The summed E-state index contributed by atoms with van der Waals surface area (Å²) in [5.74, 6) is 2.52. The molecule has 1 saturated carbocycles. The Morgan fingerprint density at radius 3 is 2.11 bits per heavy atom. The zero-order valence-corrected chi connectivity index (χ0v) is 14.2. The molecule has 0 aromatic rings. The fourth-order valence-electron chi connectivity index (χ4n) is 5.38. The molecule has 0 amide bonds. The molecular formula is C19H34. The van der Waals surface area contributed by atoms with Crippen molar-refractivity contribution in [3.05, 3.63) is 12.2 Å². The molecule has 0 bridgehead atoms. The third kappa shape index (κ3) is 2.65. The van der Waals surface area contributed by atoms with Gasteiger partial charge in [0.25, 0.3) is 0 Å². The van der Waals surface area contributed by atoms with E-state index < -0.39 is 0 Å². The van der Waals surface area contributed by atoms with Crippen LogP contribution in [0.3, 0.4) is 0 Å². The van der Waals surface area contributed by atoms with Crippen LogP contribution in [-0.4, -0.2) is 0 Å². The van der Waals surface area contributed by atoms with Gasteiger partial charge in [-0.3, -0.25) is 0 Å². The lowest BCUT2D eigenvalue weighted by atomic mass is 9.45. The Morgan fingerprint density at radius 2 is 1.58 bits per heavy atom. The molecule has 0 spiro atoms. The normalized spacial score (nSPS) is 40.1. The molecule has 0 heterocycles. The lowest BCUT2D eigenvalue weighted by Gasteiger charge is -2.59. The van der Waals surface area contributed by atoms with E-state index in [0.29, 0.717) is 16.2 Å². The van der Waals surface area contributed by atoms with Crippen molar-refractivity contribution in [3.63, 3.8) is 0 Å².